The fourth-order valence-electron chi connectivity index (χ4n) is 1.73. The molecule has 1 unspecified atom stereocenters. The van der Waals surface area contributed by atoms with Crippen molar-refractivity contribution >= 4 is 0 Å². The number of ether oxygens (including phenoxy) is 2. The minimum atomic E-state index is 0.0648. The Kier molecular flexibility index (Phi) is 6.49. The molecule has 0 saturated carbocycles. The number of methoxy groups -OCH3 is 1. The number of aryl methyl sites for hydroxylation is 1. The maximum Gasteiger partial charge on any atom is 0.0950 e. The highest BCUT2D eigenvalue weighted by Gasteiger charge is 2.16. The van der Waals surface area contributed by atoms with Crippen LogP contribution in [0, 0.1) is 6.92 Å². The smallest absolute Gasteiger partial charge is 0.0950 e. The van der Waals surface area contributed by atoms with Gasteiger partial charge in [-0.2, -0.15) is 0 Å². The first-order valence-corrected chi connectivity index (χ1v) is 6.84. The highest BCUT2D eigenvalue weighted by atomic mass is 16.5. The number of rotatable bonds is 7. The van der Waals surface area contributed by atoms with Gasteiger partial charge in [-0.1, -0.05) is 29.8 Å². The third-order valence-electron chi connectivity index (χ3n) is 2.87. The Morgan fingerprint density at radius 1 is 1.11 bits per heavy atom. The van der Waals surface area contributed by atoms with E-state index < -0.39 is 0 Å². The molecule has 0 bridgehead atoms. The molecule has 0 radical (unpaired) electrons. The highest BCUT2D eigenvalue weighted by molar-refractivity contribution is 5.23. The average molecular weight is 265 g/mol. The van der Waals surface area contributed by atoms with Crippen LogP contribution in [0.3, 0.4) is 0 Å². The summed E-state index contributed by atoms with van der Waals surface area (Å²) in [5.41, 5.74) is 2.56. The molecule has 1 aromatic carbocycles. The van der Waals surface area contributed by atoms with E-state index >= 15 is 0 Å². The molecular formula is C16H27NO2. The predicted octanol–water partition coefficient (Wildman–Crippen LogP) is 3.09. The van der Waals surface area contributed by atoms with Gasteiger partial charge in [0.05, 0.1) is 19.3 Å². The highest BCUT2D eigenvalue weighted by Crippen LogP contribution is 2.18. The number of hydrogen-bond donors (Lipinski definition) is 1. The van der Waals surface area contributed by atoms with Crippen molar-refractivity contribution < 1.29 is 9.47 Å². The zero-order chi connectivity index (χ0) is 14.3. The maximum absolute atomic E-state index is 5.92. The minimum Gasteiger partial charge on any atom is -0.382 e. The van der Waals surface area contributed by atoms with E-state index in [2.05, 4.69) is 57.3 Å². The molecule has 3 heteroatoms. The maximum atomic E-state index is 5.92. The van der Waals surface area contributed by atoms with Crippen LogP contribution in [0.2, 0.25) is 0 Å². The van der Waals surface area contributed by atoms with Crippen molar-refractivity contribution in [2.24, 2.45) is 0 Å². The summed E-state index contributed by atoms with van der Waals surface area (Å²) in [4.78, 5) is 0. The Balaban J connectivity index is 2.65. The molecule has 0 aliphatic carbocycles. The van der Waals surface area contributed by atoms with Crippen molar-refractivity contribution in [2.75, 3.05) is 26.9 Å². The van der Waals surface area contributed by atoms with E-state index in [0.29, 0.717) is 13.2 Å². The first-order chi connectivity index (χ1) is 8.92. The molecule has 19 heavy (non-hydrogen) atoms. The molecule has 0 fully saturated rings. The van der Waals surface area contributed by atoms with Crippen molar-refractivity contribution in [1.82, 2.24) is 5.32 Å². The topological polar surface area (TPSA) is 30.5 Å². The van der Waals surface area contributed by atoms with Gasteiger partial charge in [-0.15, -0.1) is 0 Å². The van der Waals surface area contributed by atoms with Crippen LogP contribution < -0.4 is 5.32 Å². The molecule has 108 valence electrons. The Bertz CT molecular complexity index is 354. The summed E-state index contributed by atoms with van der Waals surface area (Å²) in [6.45, 7) is 10.6. The van der Waals surface area contributed by atoms with Gasteiger partial charge in [-0.25, -0.2) is 0 Å². The van der Waals surface area contributed by atoms with Crippen LogP contribution >= 0.6 is 0 Å². The second-order valence-corrected chi connectivity index (χ2v) is 5.89. The Hall–Kier alpha value is -0.900. The molecule has 0 amide bonds. The second kappa shape index (κ2) is 7.63. The van der Waals surface area contributed by atoms with Crippen LogP contribution in [0.15, 0.2) is 24.3 Å². The molecule has 0 aromatic heterocycles. The van der Waals surface area contributed by atoms with Crippen LogP contribution in [-0.4, -0.2) is 32.4 Å². The Labute approximate surface area is 117 Å². The molecule has 1 rings (SSSR count). The summed E-state index contributed by atoms with van der Waals surface area (Å²) in [7, 11) is 1.69. The number of hydrogen-bond acceptors (Lipinski definition) is 3. The molecular weight excluding hydrogens is 238 g/mol. The van der Waals surface area contributed by atoms with Gasteiger partial charge in [0.25, 0.3) is 0 Å². The Morgan fingerprint density at radius 2 is 1.74 bits per heavy atom. The molecule has 0 heterocycles. The third-order valence-corrected chi connectivity index (χ3v) is 2.87. The van der Waals surface area contributed by atoms with Crippen LogP contribution in [0.4, 0.5) is 0 Å². The van der Waals surface area contributed by atoms with Gasteiger partial charge >= 0.3 is 0 Å². The lowest BCUT2D eigenvalue weighted by atomic mass is 10.0. The van der Waals surface area contributed by atoms with Crippen molar-refractivity contribution in [3.63, 3.8) is 0 Å². The lowest BCUT2D eigenvalue weighted by Gasteiger charge is -2.26. The van der Waals surface area contributed by atoms with Crippen molar-refractivity contribution in [2.45, 2.75) is 39.3 Å². The minimum absolute atomic E-state index is 0.0648. The molecule has 1 aromatic rings. The second-order valence-electron chi connectivity index (χ2n) is 5.89. The van der Waals surface area contributed by atoms with Gasteiger partial charge < -0.3 is 14.8 Å². The van der Waals surface area contributed by atoms with E-state index in [0.717, 1.165) is 6.54 Å². The van der Waals surface area contributed by atoms with Gasteiger partial charge in [0.2, 0.25) is 0 Å². The molecule has 1 atom stereocenters. The van der Waals surface area contributed by atoms with Crippen LogP contribution in [0.1, 0.15) is 38.0 Å². The van der Waals surface area contributed by atoms with Gasteiger partial charge in [-0.05, 0) is 33.3 Å². The molecule has 0 spiro atoms. The number of benzene rings is 1. The fourth-order valence-corrected chi connectivity index (χ4v) is 1.73. The van der Waals surface area contributed by atoms with Crippen LogP contribution in [0.25, 0.3) is 0 Å². The van der Waals surface area contributed by atoms with Crippen molar-refractivity contribution in [1.29, 1.82) is 0 Å². The largest absolute Gasteiger partial charge is 0.382 e. The van der Waals surface area contributed by atoms with Gasteiger partial charge in [0.15, 0.2) is 0 Å². The van der Waals surface area contributed by atoms with Crippen LogP contribution in [0.5, 0.6) is 0 Å². The summed E-state index contributed by atoms with van der Waals surface area (Å²) in [6.07, 6.45) is 0.0648. The van der Waals surface area contributed by atoms with E-state index in [1.54, 1.807) is 7.11 Å². The van der Waals surface area contributed by atoms with Crippen LogP contribution in [-0.2, 0) is 9.47 Å². The average Bonchev–Trinajstić information content (AvgIpc) is 2.34. The van der Waals surface area contributed by atoms with Crippen molar-refractivity contribution in [3.05, 3.63) is 35.4 Å². The van der Waals surface area contributed by atoms with Gasteiger partial charge in [0.1, 0.15) is 0 Å². The predicted molar refractivity (Wildman–Crippen MR) is 79.5 cm³/mol. The Morgan fingerprint density at radius 3 is 2.26 bits per heavy atom. The first-order valence-electron chi connectivity index (χ1n) is 6.84. The molecule has 3 nitrogen and oxygen atoms in total. The van der Waals surface area contributed by atoms with Gasteiger partial charge in [0, 0.05) is 19.2 Å². The fraction of sp³-hybridized carbons (Fsp3) is 0.625. The van der Waals surface area contributed by atoms with Gasteiger partial charge in [-0.3, -0.25) is 0 Å². The van der Waals surface area contributed by atoms with E-state index in [9.17, 15) is 0 Å². The lowest BCUT2D eigenvalue weighted by molar-refractivity contribution is 0.0139. The quantitative estimate of drug-likeness (QED) is 0.769. The zero-order valence-electron chi connectivity index (χ0n) is 12.8. The monoisotopic (exact) mass is 265 g/mol. The summed E-state index contributed by atoms with van der Waals surface area (Å²) >= 11 is 0. The first kappa shape index (κ1) is 16.2. The van der Waals surface area contributed by atoms with Crippen molar-refractivity contribution in [3.8, 4) is 0 Å². The van der Waals surface area contributed by atoms with E-state index in [1.165, 1.54) is 11.1 Å². The molecule has 0 aliphatic heterocycles. The zero-order valence-corrected chi connectivity index (χ0v) is 12.8. The SMILES string of the molecule is COCCOC(CNC(C)(C)C)c1ccc(C)cc1. The summed E-state index contributed by atoms with van der Waals surface area (Å²) in [6, 6.07) is 8.52. The normalized spacial score (nSPS) is 13.5. The van der Waals surface area contributed by atoms with E-state index in [1.807, 2.05) is 0 Å². The molecule has 1 N–H and O–H groups in total. The summed E-state index contributed by atoms with van der Waals surface area (Å²) in [5, 5.41) is 3.50. The number of nitrogens with one attached hydrogen (secondary N) is 1. The molecule has 0 aliphatic rings. The molecule has 0 saturated heterocycles. The van der Waals surface area contributed by atoms with E-state index in [4.69, 9.17) is 9.47 Å². The summed E-state index contributed by atoms with van der Waals surface area (Å²) < 4.78 is 11.0. The van der Waals surface area contributed by atoms with E-state index in [-0.39, 0.29) is 11.6 Å². The third kappa shape index (κ3) is 6.71. The standard InChI is InChI=1S/C16H27NO2/c1-13-6-8-14(9-7-13)15(19-11-10-18-5)12-17-16(2,3)4/h6-9,15,17H,10-12H2,1-5H3. The summed E-state index contributed by atoms with van der Waals surface area (Å²) in [5.74, 6) is 0. The lowest BCUT2D eigenvalue weighted by Crippen LogP contribution is -2.39.